The van der Waals surface area contributed by atoms with Crippen LogP contribution in [0.5, 0.6) is 0 Å². The molecule has 1 aliphatic heterocycles. The van der Waals surface area contributed by atoms with Gasteiger partial charge in [0.15, 0.2) is 0 Å². The minimum absolute atomic E-state index is 0.0169. The van der Waals surface area contributed by atoms with Crippen LogP contribution in [0.4, 0.5) is 0 Å². The quantitative estimate of drug-likeness (QED) is 0.532. The molecule has 0 atom stereocenters. The Morgan fingerprint density at radius 3 is 2.75 bits per heavy atom. The van der Waals surface area contributed by atoms with Crippen LogP contribution in [0.25, 0.3) is 0 Å². The number of amides is 1. The smallest absolute Gasteiger partial charge is 0.243 e. The zero-order valence-electron chi connectivity index (χ0n) is 7.21. The molecule has 4 nitrogen and oxygen atoms in total. The molecule has 0 spiro atoms. The van der Waals surface area contributed by atoms with Crippen molar-refractivity contribution < 1.29 is 9.90 Å². The van der Waals surface area contributed by atoms with Crippen molar-refractivity contribution >= 4 is 5.91 Å². The number of hydrogen-bond donors (Lipinski definition) is 2. The van der Waals surface area contributed by atoms with Crippen LogP contribution in [0.3, 0.4) is 0 Å². The van der Waals surface area contributed by atoms with Gasteiger partial charge in [-0.3, -0.25) is 4.79 Å². The van der Waals surface area contributed by atoms with Gasteiger partial charge in [0.25, 0.3) is 0 Å². The van der Waals surface area contributed by atoms with Crippen LogP contribution in [0, 0.1) is 0 Å². The topological polar surface area (TPSA) is 52.6 Å². The van der Waals surface area contributed by atoms with Gasteiger partial charge in [0, 0.05) is 13.1 Å². The summed E-state index contributed by atoms with van der Waals surface area (Å²) in [6, 6.07) is 0. The van der Waals surface area contributed by atoms with Crippen molar-refractivity contribution in [2.45, 2.75) is 5.54 Å². The Labute approximate surface area is 71.9 Å². The van der Waals surface area contributed by atoms with Crippen LogP contribution in [-0.4, -0.2) is 48.2 Å². The molecule has 0 bridgehead atoms. The molecule has 0 radical (unpaired) electrons. The first-order valence-corrected chi connectivity index (χ1v) is 3.86. The summed E-state index contributed by atoms with van der Waals surface area (Å²) in [5.74, 6) is -0.225. The van der Waals surface area contributed by atoms with E-state index in [1.54, 1.807) is 0 Å². The van der Waals surface area contributed by atoms with Crippen LogP contribution in [0.1, 0.15) is 0 Å². The third-order valence-electron chi connectivity index (χ3n) is 2.02. The molecule has 0 unspecified atom stereocenters. The maximum absolute atomic E-state index is 10.9. The molecule has 0 aromatic heterocycles. The van der Waals surface area contributed by atoms with Crippen LogP contribution in [0.2, 0.25) is 0 Å². The van der Waals surface area contributed by atoms with Gasteiger partial charge in [-0.1, -0.05) is 6.58 Å². The lowest BCUT2D eigenvalue weighted by Gasteiger charge is -2.47. The number of carbonyl (C=O) groups is 1. The zero-order valence-corrected chi connectivity index (χ0v) is 7.21. The summed E-state index contributed by atoms with van der Waals surface area (Å²) in [5, 5.41) is 11.7. The third-order valence-corrected chi connectivity index (χ3v) is 2.02. The minimum Gasteiger partial charge on any atom is -0.394 e. The van der Waals surface area contributed by atoms with E-state index in [2.05, 4.69) is 11.9 Å². The molecule has 1 rings (SSSR count). The molecule has 0 aromatic rings. The van der Waals surface area contributed by atoms with Gasteiger partial charge in [-0.2, -0.15) is 0 Å². The van der Waals surface area contributed by atoms with Crippen molar-refractivity contribution in [3.05, 3.63) is 12.7 Å². The second-order valence-corrected chi connectivity index (χ2v) is 3.30. The summed E-state index contributed by atoms with van der Waals surface area (Å²) in [4.78, 5) is 13.0. The van der Waals surface area contributed by atoms with Gasteiger partial charge < -0.3 is 15.3 Å². The highest BCUT2D eigenvalue weighted by molar-refractivity contribution is 5.87. The van der Waals surface area contributed by atoms with E-state index in [0.717, 1.165) is 0 Å². The number of nitrogens with zero attached hydrogens (tertiary/aromatic N) is 1. The fourth-order valence-corrected chi connectivity index (χ4v) is 1.52. The van der Waals surface area contributed by atoms with Crippen molar-refractivity contribution in [2.24, 2.45) is 0 Å². The van der Waals surface area contributed by atoms with Crippen molar-refractivity contribution in [3.63, 3.8) is 0 Å². The molecule has 1 saturated heterocycles. The molecule has 1 heterocycles. The normalized spacial score (nSPS) is 21.2. The van der Waals surface area contributed by atoms with Crippen LogP contribution in [0.15, 0.2) is 12.7 Å². The molecular formula is C8H14N2O2. The van der Waals surface area contributed by atoms with E-state index in [9.17, 15) is 4.79 Å². The maximum Gasteiger partial charge on any atom is 0.243 e. The number of likely N-dealkylation sites (tertiary alicyclic amines) is 1. The lowest BCUT2D eigenvalue weighted by atomic mass is 9.91. The molecule has 0 aliphatic carbocycles. The second-order valence-electron chi connectivity index (χ2n) is 3.30. The van der Waals surface area contributed by atoms with Crippen LogP contribution < -0.4 is 5.32 Å². The summed E-state index contributed by atoms with van der Waals surface area (Å²) in [5.41, 5.74) is -0.431. The predicted molar refractivity (Wildman–Crippen MR) is 45.7 cm³/mol. The zero-order chi connectivity index (χ0) is 9.19. The van der Waals surface area contributed by atoms with E-state index in [4.69, 9.17) is 5.11 Å². The molecule has 2 N–H and O–H groups in total. The van der Waals surface area contributed by atoms with Gasteiger partial charge >= 0.3 is 0 Å². The average molecular weight is 170 g/mol. The van der Waals surface area contributed by atoms with E-state index in [0.29, 0.717) is 13.1 Å². The number of rotatable bonds is 3. The fraction of sp³-hybridized carbons (Fsp3) is 0.625. The summed E-state index contributed by atoms with van der Waals surface area (Å²) in [7, 11) is 1.94. The van der Waals surface area contributed by atoms with Gasteiger partial charge in [0.1, 0.15) is 0 Å². The average Bonchev–Trinajstić information content (AvgIpc) is 2.01. The lowest BCUT2D eigenvalue weighted by Crippen LogP contribution is -2.70. The van der Waals surface area contributed by atoms with Crippen molar-refractivity contribution in [1.82, 2.24) is 10.2 Å². The van der Waals surface area contributed by atoms with E-state index < -0.39 is 5.54 Å². The van der Waals surface area contributed by atoms with Crippen molar-refractivity contribution in [2.75, 3.05) is 26.7 Å². The minimum atomic E-state index is -0.431. The predicted octanol–water partition coefficient (Wildman–Crippen LogP) is -1.03. The number of nitrogens with one attached hydrogen (secondary N) is 1. The van der Waals surface area contributed by atoms with Crippen LogP contribution in [-0.2, 0) is 4.79 Å². The number of aliphatic hydroxyl groups is 1. The highest BCUT2D eigenvalue weighted by Crippen LogP contribution is 2.17. The maximum atomic E-state index is 10.9. The van der Waals surface area contributed by atoms with Crippen molar-refractivity contribution in [3.8, 4) is 0 Å². The Bertz CT molecular complexity index is 197. The Kier molecular flexibility index (Phi) is 2.49. The van der Waals surface area contributed by atoms with Crippen LogP contribution >= 0.6 is 0 Å². The first-order chi connectivity index (χ1) is 5.62. The SMILES string of the molecule is C=CC(=O)NC1(CO)CN(C)C1. The fourth-order valence-electron chi connectivity index (χ4n) is 1.52. The Balaban J connectivity index is 2.47. The molecule has 0 saturated carbocycles. The van der Waals surface area contributed by atoms with E-state index in [-0.39, 0.29) is 12.5 Å². The van der Waals surface area contributed by atoms with E-state index in [1.165, 1.54) is 6.08 Å². The highest BCUT2D eigenvalue weighted by Gasteiger charge is 2.41. The molecule has 4 heteroatoms. The number of likely N-dealkylation sites (N-methyl/N-ethyl adjacent to an activating group) is 1. The Hall–Kier alpha value is -0.870. The molecule has 1 aliphatic rings. The third kappa shape index (κ3) is 1.65. The molecule has 1 fully saturated rings. The number of aliphatic hydroxyl groups excluding tert-OH is 1. The Morgan fingerprint density at radius 1 is 1.83 bits per heavy atom. The molecular weight excluding hydrogens is 156 g/mol. The highest BCUT2D eigenvalue weighted by atomic mass is 16.3. The monoisotopic (exact) mass is 170 g/mol. The van der Waals surface area contributed by atoms with E-state index >= 15 is 0 Å². The first-order valence-electron chi connectivity index (χ1n) is 3.86. The summed E-state index contributed by atoms with van der Waals surface area (Å²) in [6.07, 6.45) is 1.22. The summed E-state index contributed by atoms with van der Waals surface area (Å²) in [6.45, 7) is 4.73. The van der Waals surface area contributed by atoms with Gasteiger partial charge in [0.05, 0.1) is 12.1 Å². The van der Waals surface area contributed by atoms with Crippen molar-refractivity contribution in [1.29, 1.82) is 0 Å². The number of carbonyl (C=O) groups excluding carboxylic acids is 1. The Morgan fingerprint density at radius 2 is 2.42 bits per heavy atom. The molecule has 1 amide bonds. The second kappa shape index (κ2) is 3.25. The largest absolute Gasteiger partial charge is 0.394 e. The standard InChI is InChI=1S/C8H14N2O2/c1-3-7(12)9-8(6-11)4-10(2)5-8/h3,11H,1,4-6H2,2H3,(H,9,12). The molecule has 12 heavy (non-hydrogen) atoms. The van der Waals surface area contributed by atoms with Gasteiger partial charge in [-0.25, -0.2) is 0 Å². The molecule has 0 aromatic carbocycles. The summed E-state index contributed by atoms with van der Waals surface area (Å²) >= 11 is 0. The first kappa shape index (κ1) is 9.22. The van der Waals surface area contributed by atoms with Gasteiger partial charge in [-0.05, 0) is 13.1 Å². The summed E-state index contributed by atoms with van der Waals surface area (Å²) < 4.78 is 0. The number of hydrogen-bond acceptors (Lipinski definition) is 3. The lowest BCUT2D eigenvalue weighted by molar-refractivity contribution is -0.121. The van der Waals surface area contributed by atoms with E-state index in [1.807, 2.05) is 11.9 Å². The van der Waals surface area contributed by atoms with Gasteiger partial charge in [0.2, 0.25) is 5.91 Å². The van der Waals surface area contributed by atoms with Gasteiger partial charge in [-0.15, -0.1) is 0 Å². The molecule has 68 valence electrons.